The second-order valence-electron chi connectivity index (χ2n) is 8.72. The predicted octanol–water partition coefficient (Wildman–Crippen LogP) is 5.17. The van der Waals surface area contributed by atoms with Gasteiger partial charge in [-0.3, -0.25) is 4.79 Å². The molecule has 1 fully saturated rings. The highest BCUT2D eigenvalue weighted by molar-refractivity contribution is 6.21. The van der Waals surface area contributed by atoms with Crippen LogP contribution in [0.15, 0.2) is 30.3 Å². The van der Waals surface area contributed by atoms with Gasteiger partial charge in [0.05, 0.1) is 5.41 Å². The average molecular weight is 404 g/mol. The number of hydrogen-bond donors (Lipinski definition) is 0. The van der Waals surface area contributed by atoms with Crippen LogP contribution in [-0.2, 0) is 5.41 Å². The fourth-order valence-corrected chi connectivity index (χ4v) is 4.77. The Morgan fingerprint density at radius 2 is 1.83 bits per heavy atom. The zero-order chi connectivity index (χ0) is 20.8. The van der Waals surface area contributed by atoms with E-state index in [1.54, 1.807) is 0 Å². The summed E-state index contributed by atoms with van der Waals surface area (Å²) in [6, 6.07) is 10.1. The molecule has 0 spiro atoms. The smallest absolute Gasteiger partial charge is 0.370 e. The van der Waals surface area contributed by atoms with E-state index in [1.807, 2.05) is 26.0 Å². The first-order valence-electron chi connectivity index (χ1n) is 10.3. The lowest BCUT2D eigenvalue weighted by atomic mass is 9.84. The van der Waals surface area contributed by atoms with E-state index in [-0.39, 0.29) is 12.2 Å². The van der Waals surface area contributed by atoms with Gasteiger partial charge in [-0.05, 0) is 56.8 Å². The van der Waals surface area contributed by atoms with Crippen molar-refractivity contribution in [3.8, 4) is 0 Å². The zero-order valence-electron chi connectivity index (χ0n) is 17.0. The molecule has 0 unspecified atom stereocenters. The molecule has 1 aliphatic carbocycles. The largest absolute Gasteiger partial charge is 0.389 e. The maximum Gasteiger partial charge on any atom is 0.389 e. The molecule has 0 amide bonds. The number of rotatable bonds is 4. The quantitative estimate of drug-likeness (QED) is 0.703. The van der Waals surface area contributed by atoms with Crippen LogP contribution in [0.1, 0.15) is 49.0 Å². The van der Waals surface area contributed by atoms with Gasteiger partial charge in [-0.15, -0.1) is 0 Å². The molecule has 4 rings (SSSR count). The molecule has 1 aliphatic heterocycles. The number of benzene rings is 2. The fourth-order valence-electron chi connectivity index (χ4n) is 4.77. The summed E-state index contributed by atoms with van der Waals surface area (Å²) in [7, 11) is 0. The lowest BCUT2D eigenvalue weighted by Gasteiger charge is -2.26. The Morgan fingerprint density at radius 3 is 2.59 bits per heavy atom. The van der Waals surface area contributed by atoms with E-state index in [0.29, 0.717) is 6.54 Å². The van der Waals surface area contributed by atoms with Gasteiger partial charge in [-0.25, -0.2) is 0 Å². The van der Waals surface area contributed by atoms with Crippen molar-refractivity contribution in [2.45, 2.75) is 44.7 Å². The SMILES string of the molecule is CC1(C)C(=O)c2cccc3c(N4CCCN(CCCC(F)(F)F)CC4)ccc1c23. The first-order valence-corrected chi connectivity index (χ1v) is 10.3. The molecule has 0 radical (unpaired) electrons. The number of hydrogen-bond acceptors (Lipinski definition) is 3. The third-order valence-corrected chi connectivity index (χ3v) is 6.37. The Morgan fingerprint density at radius 1 is 1.03 bits per heavy atom. The highest BCUT2D eigenvalue weighted by atomic mass is 19.4. The first kappa shape index (κ1) is 20.2. The number of anilines is 1. The Kier molecular flexibility index (Phi) is 5.09. The van der Waals surface area contributed by atoms with Gasteiger partial charge < -0.3 is 9.80 Å². The Balaban J connectivity index is 1.55. The molecule has 0 aromatic heterocycles. The highest BCUT2D eigenvalue weighted by Gasteiger charge is 2.40. The summed E-state index contributed by atoms with van der Waals surface area (Å²) >= 11 is 0. The number of alkyl halides is 3. The molecule has 1 heterocycles. The van der Waals surface area contributed by atoms with Gasteiger partial charge in [-0.1, -0.05) is 24.3 Å². The second-order valence-corrected chi connectivity index (χ2v) is 8.72. The average Bonchev–Trinajstić information content (AvgIpc) is 2.82. The van der Waals surface area contributed by atoms with Crippen LogP contribution in [0.4, 0.5) is 18.9 Å². The van der Waals surface area contributed by atoms with E-state index in [9.17, 15) is 18.0 Å². The molecule has 2 aromatic rings. The monoisotopic (exact) mass is 404 g/mol. The summed E-state index contributed by atoms with van der Waals surface area (Å²) in [5.74, 6) is 0.168. The minimum atomic E-state index is -4.08. The van der Waals surface area contributed by atoms with Gasteiger partial charge in [0.15, 0.2) is 5.78 Å². The number of ketones is 1. The number of Topliss-reactive ketones (excluding diaryl/α,β-unsaturated/α-hetero) is 1. The molecule has 2 aliphatic rings. The van der Waals surface area contributed by atoms with Crippen molar-refractivity contribution in [1.29, 1.82) is 0 Å². The Labute approximate surface area is 169 Å². The molecule has 0 bridgehead atoms. The summed E-state index contributed by atoms with van der Waals surface area (Å²) in [4.78, 5) is 17.3. The lowest BCUT2D eigenvalue weighted by molar-refractivity contribution is -0.136. The third-order valence-electron chi connectivity index (χ3n) is 6.37. The zero-order valence-corrected chi connectivity index (χ0v) is 17.0. The van der Waals surface area contributed by atoms with Crippen LogP contribution in [0.25, 0.3) is 10.8 Å². The van der Waals surface area contributed by atoms with E-state index >= 15 is 0 Å². The number of nitrogens with zero attached hydrogens (tertiary/aromatic N) is 2. The van der Waals surface area contributed by atoms with Crippen LogP contribution in [0.3, 0.4) is 0 Å². The topological polar surface area (TPSA) is 23.6 Å². The van der Waals surface area contributed by atoms with Crippen LogP contribution in [0.2, 0.25) is 0 Å². The van der Waals surface area contributed by atoms with Gasteiger partial charge in [-0.2, -0.15) is 13.2 Å². The molecular formula is C23H27F3N2O. The minimum absolute atomic E-state index is 0.154. The van der Waals surface area contributed by atoms with Crippen LogP contribution >= 0.6 is 0 Å². The Bertz CT molecular complexity index is 936. The van der Waals surface area contributed by atoms with Crippen LogP contribution in [0, 0.1) is 0 Å². The minimum Gasteiger partial charge on any atom is -0.370 e. The van der Waals surface area contributed by atoms with E-state index in [1.165, 1.54) is 0 Å². The van der Waals surface area contributed by atoms with Crippen LogP contribution in [0.5, 0.6) is 0 Å². The van der Waals surface area contributed by atoms with Crippen molar-refractivity contribution in [3.05, 3.63) is 41.5 Å². The molecule has 156 valence electrons. The van der Waals surface area contributed by atoms with Gasteiger partial charge >= 0.3 is 6.18 Å². The number of carbonyl (C=O) groups is 1. The van der Waals surface area contributed by atoms with Crippen molar-refractivity contribution >= 4 is 22.2 Å². The normalized spacial score (nSPS) is 19.8. The fraction of sp³-hybridized carbons (Fsp3) is 0.522. The van der Waals surface area contributed by atoms with Crippen molar-refractivity contribution < 1.29 is 18.0 Å². The maximum absolute atomic E-state index is 12.9. The molecule has 1 saturated heterocycles. The summed E-state index contributed by atoms with van der Waals surface area (Å²) < 4.78 is 37.3. The van der Waals surface area contributed by atoms with Gasteiger partial charge in [0, 0.05) is 42.7 Å². The third kappa shape index (κ3) is 3.75. The van der Waals surface area contributed by atoms with Gasteiger partial charge in [0.2, 0.25) is 0 Å². The highest BCUT2D eigenvalue weighted by Crippen LogP contribution is 2.45. The number of halogens is 3. The van der Waals surface area contributed by atoms with Crippen molar-refractivity contribution in [1.82, 2.24) is 4.90 Å². The molecule has 0 N–H and O–H groups in total. The van der Waals surface area contributed by atoms with E-state index in [4.69, 9.17) is 0 Å². The Hall–Kier alpha value is -2.08. The molecule has 6 heteroatoms. The van der Waals surface area contributed by atoms with Crippen LogP contribution in [-0.4, -0.2) is 49.6 Å². The lowest BCUT2D eigenvalue weighted by Crippen LogP contribution is -2.32. The molecule has 0 saturated carbocycles. The van der Waals surface area contributed by atoms with Gasteiger partial charge in [0.1, 0.15) is 0 Å². The molecule has 3 nitrogen and oxygen atoms in total. The summed E-state index contributed by atoms with van der Waals surface area (Å²) in [6.45, 7) is 7.67. The summed E-state index contributed by atoms with van der Waals surface area (Å²) in [6.07, 6.45) is -3.72. The summed E-state index contributed by atoms with van der Waals surface area (Å²) in [5, 5.41) is 2.16. The maximum atomic E-state index is 12.9. The van der Waals surface area contributed by atoms with Crippen molar-refractivity contribution in [2.24, 2.45) is 0 Å². The summed E-state index contributed by atoms with van der Waals surface area (Å²) in [5.41, 5.74) is 2.50. The standard InChI is InChI=1S/C23H27F3N2O/c1-22(2)18-8-9-19(16-6-3-7-17(20(16)18)21(22)29)28-13-5-12-27(14-15-28)11-4-10-23(24,25)26/h3,6-9H,4-5,10-15H2,1-2H3. The van der Waals surface area contributed by atoms with E-state index in [0.717, 1.165) is 60.2 Å². The second kappa shape index (κ2) is 7.31. The van der Waals surface area contributed by atoms with Crippen molar-refractivity contribution in [2.75, 3.05) is 37.6 Å². The molecular weight excluding hydrogens is 377 g/mol. The first-order chi connectivity index (χ1) is 13.7. The predicted molar refractivity (Wildman–Crippen MR) is 110 cm³/mol. The number of carbonyl (C=O) groups excluding carboxylic acids is 1. The molecule has 0 atom stereocenters. The molecule has 29 heavy (non-hydrogen) atoms. The van der Waals surface area contributed by atoms with Crippen LogP contribution < -0.4 is 4.90 Å². The molecule has 2 aromatic carbocycles. The van der Waals surface area contributed by atoms with E-state index in [2.05, 4.69) is 28.0 Å². The van der Waals surface area contributed by atoms with Crippen molar-refractivity contribution in [3.63, 3.8) is 0 Å². The van der Waals surface area contributed by atoms with Gasteiger partial charge in [0.25, 0.3) is 0 Å². The van der Waals surface area contributed by atoms with E-state index < -0.39 is 18.0 Å².